The summed E-state index contributed by atoms with van der Waals surface area (Å²) in [6, 6.07) is 5.35. The molecule has 0 bridgehead atoms. The summed E-state index contributed by atoms with van der Waals surface area (Å²) in [5.74, 6) is 0. The van der Waals surface area contributed by atoms with Crippen LogP contribution in [0.3, 0.4) is 0 Å². The van der Waals surface area contributed by atoms with Crippen molar-refractivity contribution in [2.45, 2.75) is 23.5 Å². The summed E-state index contributed by atoms with van der Waals surface area (Å²) < 4.78 is 2.39. The van der Waals surface area contributed by atoms with Gasteiger partial charge in [-0.25, -0.2) is 9.89 Å². The van der Waals surface area contributed by atoms with Gasteiger partial charge >= 0.3 is 5.69 Å². The molecule has 7 heteroatoms. The molecule has 0 radical (unpaired) electrons. The van der Waals surface area contributed by atoms with Gasteiger partial charge in [-0.1, -0.05) is 15.9 Å². The number of aromatic nitrogens is 3. The van der Waals surface area contributed by atoms with Gasteiger partial charge in [0.2, 0.25) is 0 Å². The van der Waals surface area contributed by atoms with E-state index in [0.717, 1.165) is 15.7 Å². The van der Waals surface area contributed by atoms with E-state index in [2.05, 4.69) is 26.1 Å². The van der Waals surface area contributed by atoms with Crippen LogP contribution < -0.4 is 5.69 Å². The summed E-state index contributed by atoms with van der Waals surface area (Å²) in [6.45, 7) is 2.39. The molecule has 0 saturated carbocycles. The third-order valence-corrected chi connectivity index (χ3v) is 3.90. The third kappa shape index (κ3) is 2.56. The van der Waals surface area contributed by atoms with Gasteiger partial charge in [0.25, 0.3) is 0 Å². The Morgan fingerprint density at radius 3 is 3.00 bits per heavy atom. The van der Waals surface area contributed by atoms with Crippen molar-refractivity contribution in [2.24, 2.45) is 0 Å². The van der Waals surface area contributed by atoms with Crippen molar-refractivity contribution < 1.29 is 4.79 Å². The first-order valence-electron chi connectivity index (χ1n) is 5.23. The van der Waals surface area contributed by atoms with E-state index in [4.69, 9.17) is 0 Å². The van der Waals surface area contributed by atoms with Gasteiger partial charge in [-0.15, -0.1) is 5.10 Å². The molecule has 0 aliphatic carbocycles. The zero-order valence-electron chi connectivity index (χ0n) is 9.51. The lowest BCUT2D eigenvalue weighted by molar-refractivity contribution is 0.112. The van der Waals surface area contributed by atoms with Crippen LogP contribution >= 0.6 is 27.7 Å². The van der Waals surface area contributed by atoms with E-state index >= 15 is 0 Å². The lowest BCUT2D eigenvalue weighted by Gasteiger charge is -2.05. The fourth-order valence-electron chi connectivity index (χ4n) is 1.45. The molecule has 1 aromatic carbocycles. The fourth-order valence-corrected chi connectivity index (χ4v) is 3.00. The number of H-pyrrole nitrogens is 1. The van der Waals surface area contributed by atoms with Crippen molar-refractivity contribution in [1.82, 2.24) is 14.8 Å². The van der Waals surface area contributed by atoms with Gasteiger partial charge in [0.1, 0.15) is 0 Å². The number of benzene rings is 1. The zero-order valence-corrected chi connectivity index (χ0v) is 11.9. The topological polar surface area (TPSA) is 67.8 Å². The molecule has 0 aliphatic rings. The molecule has 0 fully saturated rings. The summed E-state index contributed by atoms with van der Waals surface area (Å²) in [7, 11) is 0. The summed E-state index contributed by atoms with van der Waals surface area (Å²) in [6.07, 6.45) is 0.788. The molecule has 0 saturated heterocycles. The number of aldehydes is 1. The van der Waals surface area contributed by atoms with Crippen LogP contribution in [0, 0.1) is 0 Å². The molecule has 1 N–H and O–H groups in total. The first kappa shape index (κ1) is 13.1. The molecule has 1 heterocycles. The molecule has 2 rings (SSSR count). The van der Waals surface area contributed by atoms with Gasteiger partial charge in [0, 0.05) is 21.5 Å². The maximum atomic E-state index is 11.4. The number of hydrogen-bond acceptors (Lipinski definition) is 4. The maximum Gasteiger partial charge on any atom is 0.343 e. The fraction of sp³-hybridized carbons (Fsp3) is 0.182. The highest BCUT2D eigenvalue weighted by Gasteiger charge is 2.11. The van der Waals surface area contributed by atoms with Crippen molar-refractivity contribution in [2.75, 3.05) is 0 Å². The van der Waals surface area contributed by atoms with Gasteiger partial charge in [-0.05, 0) is 36.9 Å². The molecule has 5 nitrogen and oxygen atoms in total. The van der Waals surface area contributed by atoms with Crippen molar-refractivity contribution in [3.05, 3.63) is 38.7 Å². The van der Waals surface area contributed by atoms with E-state index in [1.807, 2.05) is 13.0 Å². The highest BCUT2D eigenvalue weighted by Crippen LogP contribution is 2.30. The smallest absolute Gasteiger partial charge is 0.298 e. The molecule has 0 atom stereocenters. The SMILES string of the molecule is CCn1c(Sc2cc(Br)ccc2C=O)n[nH]c1=O. The van der Waals surface area contributed by atoms with Crippen molar-refractivity contribution >= 4 is 34.0 Å². The van der Waals surface area contributed by atoms with E-state index < -0.39 is 0 Å². The molecular formula is C11H10BrN3O2S. The third-order valence-electron chi connectivity index (χ3n) is 2.34. The predicted octanol–water partition coefficient (Wildman–Crippen LogP) is 2.32. The maximum absolute atomic E-state index is 11.4. The minimum Gasteiger partial charge on any atom is -0.298 e. The molecule has 0 unspecified atom stereocenters. The van der Waals surface area contributed by atoms with Gasteiger partial charge < -0.3 is 0 Å². The van der Waals surface area contributed by atoms with Crippen LogP contribution in [-0.4, -0.2) is 21.1 Å². The van der Waals surface area contributed by atoms with E-state index in [1.54, 1.807) is 12.1 Å². The number of nitrogens with zero attached hydrogens (tertiary/aromatic N) is 2. The number of carbonyl (C=O) groups excluding carboxylic acids is 1. The van der Waals surface area contributed by atoms with Gasteiger partial charge in [-0.2, -0.15) is 0 Å². The van der Waals surface area contributed by atoms with Crippen molar-refractivity contribution in [3.8, 4) is 0 Å². The van der Waals surface area contributed by atoms with Crippen LogP contribution in [0.2, 0.25) is 0 Å². The minimum atomic E-state index is -0.248. The molecule has 94 valence electrons. The summed E-state index contributed by atoms with van der Waals surface area (Å²) in [5, 5.41) is 6.89. The predicted molar refractivity (Wildman–Crippen MR) is 72.2 cm³/mol. The minimum absolute atomic E-state index is 0.248. The summed E-state index contributed by atoms with van der Waals surface area (Å²) in [5.41, 5.74) is 0.323. The average molecular weight is 328 g/mol. The van der Waals surface area contributed by atoms with Crippen LogP contribution in [0.25, 0.3) is 0 Å². The van der Waals surface area contributed by atoms with Gasteiger partial charge in [-0.3, -0.25) is 9.36 Å². The first-order chi connectivity index (χ1) is 8.65. The number of hydrogen-bond donors (Lipinski definition) is 1. The Morgan fingerprint density at radius 1 is 1.56 bits per heavy atom. The zero-order chi connectivity index (χ0) is 13.1. The van der Waals surface area contributed by atoms with E-state index in [1.165, 1.54) is 16.3 Å². The first-order valence-corrected chi connectivity index (χ1v) is 6.84. The second-order valence-corrected chi connectivity index (χ2v) is 5.38. The number of aromatic amines is 1. The molecule has 1 aromatic heterocycles. The van der Waals surface area contributed by atoms with Crippen LogP contribution in [0.1, 0.15) is 17.3 Å². The summed E-state index contributed by atoms with van der Waals surface area (Å²) in [4.78, 5) is 23.2. The number of rotatable bonds is 4. The Hall–Kier alpha value is -1.34. The second kappa shape index (κ2) is 5.53. The largest absolute Gasteiger partial charge is 0.343 e. The number of halogens is 1. The molecule has 0 spiro atoms. The lowest BCUT2D eigenvalue weighted by Crippen LogP contribution is -2.16. The van der Waals surface area contributed by atoms with Crippen LogP contribution in [0.15, 0.2) is 37.5 Å². The second-order valence-electron chi connectivity index (χ2n) is 3.46. The van der Waals surface area contributed by atoms with Crippen LogP contribution in [0.4, 0.5) is 0 Å². The van der Waals surface area contributed by atoms with Gasteiger partial charge in [0.05, 0.1) is 0 Å². The highest BCUT2D eigenvalue weighted by atomic mass is 79.9. The quantitative estimate of drug-likeness (QED) is 0.875. The standard InChI is InChI=1S/C11H10BrN3O2S/c1-2-15-10(17)13-14-11(15)18-9-5-8(12)4-3-7(9)6-16/h3-6H,2H2,1H3,(H,13,17). The Balaban J connectivity index is 2.42. The Bertz CT molecular complexity index is 635. The molecule has 0 amide bonds. The Morgan fingerprint density at radius 2 is 2.33 bits per heavy atom. The Kier molecular flexibility index (Phi) is 4.03. The van der Waals surface area contributed by atoms with Crippen LogP contribution in [0.5, 0.6) is 0 Å². The average Bonchev–Trinajstić information content (AvgIpc) is 2.70. The lowest BCUT2D eigenvalue weighted by atomic mass is 10.2. The normalized spacial score (nSPS) is 10.6. The van der Waals surface area contributed by atoms with Crippen molar-refractivity contribution in [1.29, 1.82) is 0 Å². The molecule has 2 aromatic rings. The van der Waals surface area contributed by atoms with E-state index in [-0.39, 0.29) is 5.69 Å². The van der Waals surface area contributed by atoms with Crippen LogP contribution in [-0.2, 0) is 6.54 Å². The Labute approximate surface area is 116 Å². The molecule has 18 heavy (non-hydrogen) atoms. The summed E-state index contributed by atoms with van der Waals surface area (Å²) >= 11 is 4.64. The highest BCUT2D eigenvalue weighted by molar-refractivity contribution is 9.10. The number of carbonyl (C=O) groups is 1. The van der Waals surface area contributed by atoms with Gasteiger partial charge in [0.15, 0.2) is 11.4 Å². The van der Waals surface area contributed by atoms with E-state index in [0.29, 0.717) is 17.3 Å². The molecular weight excluding hydrogens is 318 g/mol. The molecule has 0 aliphatic heterocycles. The number of nitrogens with one attached hydrogen (secondary N) is 1. The monoisotopic (exact) mass is 327 g/mol. The van der Waals surface area contributed by atoms with Crippen molar-refractivity contribution in [3.63, 3.8) is 0 Å². The van der Waals surface area contributed by atoms with E-state index in [9.17, 15) is 9.59 Å².